The summed E-state index contributed by atoms with van der Waals surface area (Å²) in [5.41, 5.74) is 0.880. The van der Waals surface area contributed by atoms with Gasteiger partial charge in [-0.15, -0.1) is 12.4 Å². The van der Waals surface area contributed by atoms with Crippen LogP contribution in [0.15, 0.2) is 12.4 Å². The lowest BCUT2D eigenvalue weighted by Gasteiger charge is -2.28. The molecular formula is C18H29ClN4O2. The Morgan fingerprint density at radius 3 is 2.72 bits per heavy atom. The van der Waals surface area contributed by atoms with E-state index in [1.54, 1.807) is 13.4 Å². The van der Waals surface area contributed by atoms with Crippen LogP contribution in [0.1, 0.15) is 38.8 Å². The van der Waals surface area contributed by atoms with Crippen molar-refractivity contribution in [2.45, 2.75) is 45.8 Å². The maximum absolute atomic E-state index is 12.4. The zero-order valence-electron chi connectivity index (χ0n) is 15.3. The van der Waals surface area contributed by atoms with Crippen LogP contribution in [0.5, 0.6) is 0 Å². The molecule has 2 atom stereocenters. The van der Waals surface area contributed by atoms with Gasteiger partial charge in [0.2, 0.25) is 5.91 Å². The molecule has 6 nitrogen and oxygen atoms in total. The highest BCUT2D eigenvalue weighted by Crippen LogP contribution is 2.30. The number of ether oxygens (including phenoxy) is 1. The number of aromatic nitrogens is 2. The molecule has 1 aliphatic heterocycles. The van der Waals surface area contributed by atoms with Gasteiger partial charge in [-0.1, -0.05) is 20.3 Å². The number of hydrogen-bond donors (Lipinski definition) is 1. The highest BCUT2D eigenvalue weighted by Gasteiger charge is 2.38. The first kappa shape index (κ1) is 19.9. The third-order valence-corrected chi connectivity index (χ3v) is 5.35. The molecule has 1 N–H and O–H groups in total. The molecule has 1 aromatic heterocycles. The zero-order chi connectivity index (χ0) is 17.1. The summed E-state index contributed by atoms with van der Waals surface area (Å²) < 4.78 is 5.16. The van der Waals surface area contributed by atoms with Gasteiger partial charge in [-0.05, 0) is 18.8 Å². The van der Waals surface area contributed by atoms with Crippen molar-refractivity contribution < 1.29 is 9.53 Å². The Morgan fingerprint density at radius 2 is 2.12 bits per heavy atom. The maximum Gasteiger partial charge on any atom is 0.223 e. The van der Waals surface area contributed by atoms with Crippen molar-refractivity contribution in [3.05, 3.63) is 18.1 Å². The minimum absolute atomic E-state index is 0. The molecule has 0 unspecified atom stereocenters. The average Bonchev–Trinajstić information content (AvgIpc) is 2.90. The van der Waals surface area contributed by atoms with Gasteiger partial charge in [-0.2, -0.15) is 0 Å². The summed E-state index contributed by atoms with van der Waals surface area (Å²) in [6.45, 7) is 6.67. The van der Waals surface area contributed by atoms with E-state index in [-0.39, 0.29) is 30.3 Å². The first-order valence-corrected chi connectivity index (χ1v) is 8.93. The second-order valence-electron chi connectivity index (χ2n) is 7.36. The van der Waals surface area contributed by atoms with Crippen molar-refractivity contribution in [2.24, 2.45) is 17.8 Å². The van der Waals surface area contributed by atoms with E-state index in [0.29, 0.717) is 18.4 Å². The van der Waals surface area contributed by atoms with Crippen LogP contribution in [0.25, 0.3) is 0 Å². The lowest BCUT2D eigenvalue weighted by atomic mass is 9.84. The molecule has 2 aliphatic rings. The molecular weight excluding hydrogens is 340 g/mol. The van der Waals surface area contributed by atoms with Gasteiger partial charge in [0.05, 0.1) is 18.3 Å². The highest BCUT2D eigenvalue weighted by atomic mass is 35.5. The lowest BCUT2D eigenvalue weighted by Crippen LogP contribution is -2.46. The number of nitrogens with zero attached hydrogens (tertiary/aromatic N) is 3. The molecule has 0 radical (unpaired) electrons. The first-order valence-electron chi connectivity index (χ1n) is 8.93. The van der Waals surface area contributed by atoms with Gasteiger partial charge in [0.25, 0.3) is 0 Å². The van der Waals surface area contributed by atoms with Crippen LogP contribution in [0.4, 0.5) is 5.82 Å². The zero-order valence-corrected chi connectivity index (χ0v) is 16.1. The first-order chi connectivity index (χ1) is 11.6. The second-order valence-corrected chi connectivity index (χ2v) is 7.36. The van der Waals surface area contributed by atoms with E-state index in [1.807, 2.05) is 6.07 Å². The number of hydrogen-bond acceptors (Lipinski definition) is 5. The Morgan fingerprint density at radius 1 is 1.36 bits per heavy atom. The summed E-state index contributed by atoms with van der Waals surface area (Å²) in [6, 6.07) is 2.18. The van der Waals surface area contributed by atoms with Crippen LogP contribution >= 0.6 is 12.4 Å². The SMILES string of the molecule is COCc1cc(N2C[C@H](NC(=O)C3CCC3)[C@@H](C(C)C)C2)ncn1.Cl. The van der Waals surface area contributed by atoms with E-state index in [0.717, 1.165) is 37.4 Å². The van der Waals surface area contributed by atoms with Crippen molar-refractivity contribution in [1.82, 2.24) is 15.3 Å². The van der Waals surface area contributed by atoms with Crippen molar-refractivity contribution >= 4 is 24.1 Å². The third kappa shape index (κ3) is 4.61. The Hall–Kier alpha value is -1.40. The number of amides is 1. The van der Waals surface area contributed by atoms with Crippen LogP contribution in [-0.2, 0) is 16.1 Å². The molecule has 2 fully saturated rings. The van der Waals surface area contributed by atoms with Crippen LogP contribution in [0.3, 0.4) is 0 Å². The van der Waals surface area contributed by atoms with Crippen LogP contribution in [0.2, 0.25) is 0 Å². The number of nitrogens with one attached hydrogen (secondary N) is 1. The van der Waals surface area contributed by atoms with E-state index in [4.69, 9.17) is 4.74 Å². The molecule has 25 heavy (non-hydrogen) atoms. The molecule has 1 saturated heterocycles. The molecule has 0 bridgehead atoms. The Labute approximate surface area is 156 Å². The molecule has 1 amide bonds. The summed E-state index contributed by atoms with van der Waals surface area (Å²) in [5, 5.41) is 3.30. The van der Waals surface area contributed by atoms with E-state index >= 15 is 0 Å². The smallest absolute Gasteiger partial charge is 0.223 e. The van der Waals surface area contributed by atoms with Gasteiger partial charge >= 0.3 is 0 Å². The second kappa shape index (κ2) is 8.81. The minimum Gasteiger partial charge on any atom is -0.378 e. The summed E-state index contributed by atoms with van der Waals surface area (Å²) in [7, 11) is 1.67. The van der Waals surface area contributed by atoms with Crippen LogP contribution in [-0.4, -0.2) is 42.1 Å². The standard InChI is InChI=1S/C18H28N4O2.ClH/c1-12(2)15-8-22(17-7-14(10-24-3)19-11-20-17)9-16(15)21-18(23)13-5-4-6-13;/h7,11-13,15-16H,4-6,8-10H2,1-3H3,(H,21,23);1H/t15-,16+;/m1./s1. The number of rotatable bonds is 6. The summed E-state index contributed by atoms with van der Waals surface area (Å²) in [4.78, 5) is 23.3. The predicted octanol–water partition coefficient (Wildman–Crippen LogP) is 2.42. The number of methoxy groups -OCH3 is 1. The predicted molar refractivity (Wildman–Crippen MR) is 99.8 cm³/mol. The van der Waals surface area contributed by atoms with Gasteiger partial charge in [0.15, 0.2) is 0 Å². The largest absolute Gasteiger partial charge is 0.378 e. The quantitative estimate of drug-likeness (QED) is 0.835. The fourth-order valence-electron chi connectivity index (χ4n) is 3.60. The van der Waals surface area contributed by atoms with Gasteiger partial charge in [-0.25, -0.2) is 9.97 Å². The Kier molecular flexibility index (Phi) is 7.02. The average molecular weight is 369 g/mol. The number of halogens is 1. The highest BCUT2D eigenvalue weighted by molar-refractivity contribution is 5.85. The third-order valence-electron chi connectivity index (χ3n) is 5.35. The number of carbonyl (C=O) groups excluding carboxylic acids is 1. The van der Waals surface area contributed by atoms with Crippen LogP contribution in [0, 0.1) is 17.8 Å². The van der Waals surface area contributed by atoms with Crippen molar-refractivity contribution in [3.63, 3.8) is 0 Å². The van der Waals surface area contributed by atoms with Crippen LogP contribution < -0.4 is 10.2 Å². The van der Waals surface area contributed by atoms with Crippen molar-refractivity contribution in [3.8, 4) is 0 Å². The monoisotopic (exact) mass is 368 g/mol. The fraction of sp³-hybridized carbons (Fsp3) is 0.722. The summed E-state index contributed by atoms with van der Waals surface area (Å²) >= 11 is 0. The van der Waals surface area contributed by atoms with E-state index in [2.05, 4.69) is 34.0 Å². The molecule has 0 aromatic carbocycles. The van der Waals surface area contributed by atoms with E-state index in [9.17, 15) is 4.79 Å². The number of anilines is 1. The minimum atomic E-state index is 0. The van der Waals surface area contributed by atoms with Gasteiger partial charge in [0, 0.05) is 38.1 Å². The molecule has 2 heterocycles. The molecule has 1 aromatic rings. The lowest BCUT2D eigenvalue weighted by molar-refractivity contribution is -0.128. The van der Waals surface area contributed by atoms with Gasteiger partial charge in [-0.3, -0.25) is 4.79 Å². The van der Waals surface area contributed by atoms with Gasteiger partial charge in [0.1, 0.15) is 12.1 Å². The van der Waals surface area contributed by atoms with Crippen molar-refractivity contribution in [2.75, 3.05) is 25.1 Å². The Balaban J connectivity index is 0.00000225. The molecule has 140 valence electrons. The molecule has 1 saturated carbocycles. The maximum atomic E-state index is 12.4. The molecule has 1 aliphatic carbocycles. The fourth-order valence-corrected chi connectivity index (χ4v) is 3.60. The topological polar surface area (TPSA) is 67.3 Å². The molecule has 7 heteroatoms. The summed E-state index contributed by atoms with van der Waals surface area (Å²) in [6.07, 6.45) is 4.86. The van der Waals surface area contributed by atoms with E-state index < -0.39 is 0 Å². The van der Waals surface area contributed by atoms with Gasteiger partial charge < -0.3 is 15.0 Å². The Bertz CT molecular complexity index is 580. The van der Waals surface area contributed by atoms with E-state index in [1.165, 1.54) is 6.42 Å². The summed E-state index contributed by atoms with van der Waals surface area (Å²) in [5.74, 6) is 2.35. The number of carbonyl (C=O) groups is 1. The molecule has 0 spiro atoms. The normalized spacial score (nSPS) is 23.3. The van der Waals surface area contributed by atoms with Crippen molar-refractivity contribution in [1.29, 1.82) is 0 Å². The molecule has 3 rings (SSSR count).